The summed E-state index contributed by atoms with van der Waals surface area (Å²) in [7, 11) is -1.79. The van der Waals surface area contributed by atoms with E-state index >= 15 is 0 Å². The molecule has 0 radical (unpaired) electrons. The molecule has 1 aromatic heterocycles. The number of urea groups is 1. The Bertz CT molecular complexity index is 931. The van der Waals surface area contributed by atoms with Crippen molar-refractivity contribution in [1.82, 2.24) is 9.88 Å². The zero-order valence-corrected chi connectivity index (χ0v) is 16.3. The van der Waals surface area contributed by atoms with E-state index in [1.807, 2.05) is 18.2 Å². The van der Waals surface area contributed by atoms with E-state index in [2.05, 4.69) is 9.72 Å². The normalized spacial score (nSPS) is 15.7. The van der Waals surface area contributed by atoms with Crippen LogP contribution in [0.15, 0.2) is 48.7 Å². The van der Waals surface area contributed by atoms with Gasteiger partial charge in [-0.3, -0.25) is 9.88 Å². The van der Waals surface area contributed by atoms with Crippen LogP contribution in [0, 0.1) is 0 Å². The smallest absolute Gasteiger partial charge is 0.339 e. The van der Waals surface area contributed by atoms with Crippen molar-refractivity contribution in [1.29, 1.82) is 0 Å². The van der Waals surface area contributed by atoms with Crippen LogP contribution in [0.2, 0.25) is 0 Å². The molecule has 0 spiro atoms. The van der Waals surface area contributed by atoms with Gasteiger partial charge in [0, 0.05) is 25.0 Å². The topological polar surface area (TPSA) is 96.9 Å². The van der Waals surface area contributed by atoms with Crippen LogP contribution >= 0.6 is 0 Å². The van der Waals surface area contributed by atoms with Gasteiger partial charge in [-0.05, 0) is 24.3 Å². The van der Waals surface area contributed by atoms with E-state index in [1.165, 1.54) is 18.2 Å². The van der Waals surface area contributed by atoms with Crippen LogP contribution in [0.1, 0.15) is 16.1 Å². The van der Waals surface area contributed by atoms with E-state index in [0.29, 0.717) is 16.9 Å². The van der Waals surface area contributed by atoms with Crippen molar-refractivity contribution in [3.63, 3.8) is 0 Å². The highest BCUT2D eigenvalue weighted by Gasteiger charge is 2.29. The van der Waals surface area contributed by atoms with Gasteiger partial charge in [0.05, 0.1) is 36.4 Å². The molecule has 0 atom stereocenters. The molecule has 0 saturated carbocycles. The lowest BCUT2D eigenvalue weighted by molar-refractivity contribution is 0.0600. The number of sulfone groups is 1. The molecule has 0 N–H and O–H groups in total. The first-order valence-electron chi connectivity index (χ1n) is 8.75. The summed E-state index contributed by atoms with van der Waals surface area (Å²) in [4.78, 5) is 32.0. The van der Waals surface area contributed by atoms with Gasteiger partial charge >= 0.3 is 12.0 Å². The number of ether oxygens (including phenoxy) is 1. The van der Waals surface area contributed by atoms with Crippen molar-refractivity contribution in [2.75, 3.05) is 36.6 Å². The molecule has 8 nitrogen and oxygen atoms in total. The first-order chi connectivity index (χ1) is 13.4. The van der Waals surface area contributed by atoms with Crippen molar-refractivity contribution < 1.29 is 22.7 Å². The molecule has 1 aliphatic heterocycles. The largest absolute Gasteiger partial charge is 0.465 e. The maximum atomic E-state index is 13.1. The monoisotopic (exact) mass is 403 g/mol. The molecular weight excluding hydrogens is 382 g/mol. The zero-order chi connectivity index (χ0) is 20.1. The van der Waals surface area contributed by atoms with Gasteiger partial charge in [-0.25, -0.2) is 18.0 Å². The van der Waals surface area contributed by atoms with Crippen LogP contribution in [-0.4, -0.2) is 62.0 Å². The van der Waals surface area contributed by atoms with Crippen LogP contribution in [0.5, 0.6) is 0 Å². The highest BCUT2D eigenvalue weighted by molar-refractivity contribution is 7.91. The van der Waals surface area contributed by atoms with Gasteiger partial charge in [0.15, 0.2) is 9.84 Å². The Morgan fingerprint density at radius 3 is 2.36 bits per heavy atom. The number of methoxy groups -OCH3 is 1. The van der Waals surface area contributed by atoms with Crippen molar-refractivity contribution in [3.05, 3.63) is 59.9 Å². The van der Waals surface area contributed by atoms with Gasteiger partial charge in [-0.1, -0.05) is 18.2 Å². The molecule has 0 aliphatic carbocycles. The van der Waals surface area contributed by atoms with E-state index in [9.17, 15) is 18.0 Å². The van der Waals surface area contributed by atoms with Crippen molar-refractivity contribution in [3.8, 4) is 0 Å². The number of rotatable bonds is 4. The molecule has 28 heavy (non-hydrogen) atoms. The molecule has 2 amide bonds. The number of carbonyl (C=O) groups excluding carboxylic acids is 2. The number of esters is 1. The fourth-order valence-corrected chi connectivity index (χ4v) is 4.07. The number of hydrogen-bond acceptors (Lipinski definition) is 6. The summed E-state index contributed by atoms with van der Waals surface area (Å²) in [5.74, 6) is -0.550. The Morgan fingerprint density at radius 2 is 1.79 bits per heavy atom. The van der Waals surface area contributed by atoms with Crippen LogP contribution in [0.4, 0.5) is 10.5 Å². The van der Waals surface area contributed by atoms with Crippen molar-refractivity contribution in [2.45, 2.75) is 6.54 Å². The molecule has 1 fully saturated rings. The second kappa shape index (κ2) is 8.39. The van der Waals surface area contributed by atoms with Gasteiger partial charge in [-0.15, -0.1) is 0 Å². The third-order valence-corrected chi connectivity index (χ3v) is 6.09. The molecule has 0 bridgehead atoms. The van der Waals surface area contributed by atoms with E-state index in [4.69, 9.17) is 0 Å². The van der Waals surface area contributed by atoms with Crippen molar-refractivity contribution in [2.24, 2.45) is 0 Å². The number of amides is 2. The predicted octanol–water partition coefficient (Wildman–Crippen LogP) is 1.73. The van der Waals surface area contributed by atoms with Crippen LogP contribution < -0.4 is 4.90 Å². The minimum absolute atomic E-state index is 0.0343. The number of pyridine rings is 1. The standard InChI is InChI=1S/C19H21N3O5S/c1-27-18(23)15-7-8-16(20-13-15)14-22(17-5-3-2-4-6-17)19(24)21-9-11-28(25,26)12-10-21/h2-8,13H,9-12,14H2,1H3. The Morgan fingerprint density at radius 1 is 1.11 bits per heavy atom. The molecule has 1 aliphatic rings. The third-order valence-electron chi connectivity index (χ3n) is 4.48. The molecule has 2 heterocycles. The lowest BCUT2D eigenvalue weighted by Crippen LogP contribution is -2.49. The lowest BCUT2D eigenvalue weighted by atomic mass is 10.2. The number of aromatic nitrogens is 1. The summed E-state index contributed by atoms with van der Waals surface area (Å²) in [5.41, 5.74) is 1.60. The number of anilines is 1. The lowest BCUT2D eigenvalue weighted by Gasteiger charge is -2.32. The summed E-state index contributed by atoms with van der Waals surface area (Å²) in [5, 5.41) is 0. The summed E-state index contributed by atoms with van der Waals surface area (Å²) in [6.07, 6.45) is 1.41. The van der Waals surface area contributed by atoms with Crippen LogP contribution in [-0.2, 0) is 21.1 Å². The Labute approximate surface area is 163 Å². The molecular formula is C19H21N3O5S. The van der Waals surface area contributed by atoms with Gasteiger partial charge < -0.3 is 9.64 Å². The number of nitrogens with zero attached hydrogens (tertiary/aromatic N) is 3. The fourth-order valence-electron chi connectivity index (χ4n) is 2.87. The van der Waals surface area contributed by atoms with Crippen LogP contribution in [0.3, 0.4) is 0 Å². The predicted molar refractivity (Wildman–Crippen MR) is 104 cm³/mol. The molecule has 2 aromatic rings. The second-order valence-electron chi connectivity index (χ2n) is 6.37. The number of benzene rings is 1. The maximum Gasteiger partial charge on any atom is 0.339 e. The Kier molecular flexibility index (Phi) is 5.93. The maximum absolute atomic E-state index is 13.1. The SMILES string of the molecule is COC(=O)c1ccc(CN(C(=O)N2CCS(=O)(=O)CC2)c2ccccc2)nc1. The minimum atomic E-state index is -3.08. The summed E-state index contributed by atoms with van der Waals surface area (Å²) >= 11 is 0. The van der Waals surface area contributed by atoms with E-state index in [-0.39, 0.29) is 37.2 Å². The summed E-state index contributed by atoms with van der Waals surface area (Å²) < 4.78 is 28.0. The Hall–Kier alpha value is -2.94. The van der Waals surface area contributed by atoms with E-state index in [0.717, 1.165) is 0 Å². The first-order valence-corrected chi connectivity index (χ1v) is 10.6. The molecule has 1 saturated heterocycles. The molecule has 1 aromatic carbocycles. The average Bonchev–Trinajstić information content (AvgIpc) is 2.72. The summed E-state index contributed by atoms with van der Waals surface area (Å²) in [6.45, 7) is 0.520. The number of hydrogen-bond donors (Lipinski definition) is 0. The minimum Gasteiger partial charge on any atom is -0.465 e. The van der Waals surface area contributed by atoms with E-state index < -0.39 is 15.8 Å². The average molecular weight is 403 g/mol. The van der Waals surface area contributed by atoms with Gasteiger partial charge in [0.25, 0.3) is 0 Å². The third kappa shape index (κ3) is 4.66. The van der Waals surface area contributed by atoms with Gasteiger partial charge in [-0.2, -0.15) is 0 Å². The molecule has 0 unspecified atom stereocenters. The fraction of sp³-hybridized carbons (Fsp3) is 0.316. The summed E-state index contributed by atoms with van der Waals surface area (Å²) in [6, 6.07) is 12.1. The van der Waals surface area contributed by atoms with Gasteiger partial charge in [0.1, 0.15) is 0 Å². The van der Waals surface area contributed by atoms with E-state index in [1.54, 1.807) is 29.2 Å². The van der Waals surface area contributed by atoms with Gasteiger partial charge in [0.2, 0.25) is 0 Å². The Balaban J connectivity index is 1.82. The highest BCUT2D eigenvalue weighted by Crippen LogP contribution is 2.20. The van der Waals surface area contributed by atoms with Crippen molar-refractivity contribution >= 4 is 27.5 Å². The highest BCUT2D eigenvalue weighted by atomic mass is 32.2. The number of para-hydroxylation sites is 1. The number of carbonyl (C=O) groups is 2. The van der Waals surface area contributed by atoms with Crippen LogP contribution in [0.25, 0.3) is 0 Å². The molecule has 3 rings (SSSR count). The first kappa shape index (κ1) is 19.8. The second-order valence-corrected chi connectivity index (χ2v) is 8.68. The quantitative estimate of drug-likeness (QED) is 0.721. The zero-order valence-electron chi connectivity index (χ0n) is 15.4. The molecule has 148 valence electrons. The molecule has 9 heteroatoms.